The maximum absolute atomic E-state index is 11.6. The number of rotatable bonds is 6. The summed E-state index contributed by atoms with van der Waals surface area (Å²) in [5, 5.41) is 20.4. The van der Waals surface area contributed by atoms with Crippen molar-refractivity contribution in [3.05, 3.63) is 30.1 Å². The van der Waals surface area contributed by atoms with Crippen LogP contribution in [0.2, 0.25) is 0 Å². The number of carbonyl (C=O) groups is 2. The summed E-state index contributed by atoms with van der Waals surface area (Å²) >= 11 is 0. The van der Waals surface area contributed by atoms with E-state index in [1.54, 1.807) is 0 Å². The molecule has 1 aromatic rings. The van der Waals surface area contributed by atoms with Crippen molar-refractivity contribution in [1.29, 1.82) is 0 Å². The van der Waals surface area contributed by atoms with Gasteiger partial charge in [0.1, 0.15) is 0 Å². The molecule has 3 N–H and O–H groups in total. The first-order valence-corrected chi connectivity index (χ1v) is 6.06. The van der Waals surface area contributed by atoms with Gasteiger partial charge in [-0.05, 0) is 19.4 Å². The molecule has 20 heavy (non-hydrogen) atoms. The van der Waals surface area contributed by atoms with E-state index in [0.29, 0.717) is 6.54 Å². The van der Waals surface area contributed by atoms with E-state index < -0.39 is 24.0 Å². The van der Waals surface area contributed by atoms with Gasteiger partial charge in [-0.15, -0.1) is 0 Å². The zero-order valence-electron chi connectivity index (χ0n) is 11.4. The van der Waals surface area contributed by atoms with Crippen LogP contribution in [-0.2, 0) is 16.1 Å². The second kappa shape index (κ2) is 8.65. The summed E-state index contributed by atoms with van der Waals surface area (Å²) < 4.78 is 1.84. The fourth-order valence-electron chi connectivity index (χ4n) is 1.55. The molecule has 1 heterocycles. The van der Waals surface area contributed by atoms with Crippen molar-refractivity contribution in [2.45, 2.75) is 39.0 Å². The van der Waals surface area contributed by atoms with Crippen LogP contribution in [0.5, 0.6) is 0 Å². The molecule has 0 saturated carbocycles. The van der Waals surface area contributed by atoms with Crippen LogP contribution in [0.3, 0.4) is 0 Å². The lowest BCUT2D eigenvalue weighted by Crippen LogP contribution is -3.00. The van der Waals surface area contributed by atoms with Gasteiger partial charge in [-0.1, -0.05) is 0 Å². The molecule has 1 rings (SSSR count). The third kappa shape index (κ3) is 6.12. The molecule has 7 heteroatoms. The molecule has 2 atom stereocenters. The molecule has 0 saturated heterocycles. The molecule has 0 radical (unpaired) electrons. The molecule has 0 fully saturated rings. The Labute approximate surface area is 128 Å². The Balaban J connectivity index is 0.00000361. The number of aromatic nitrogens is 1. The van der Waals surface area contributed by atoms with Crippen molar-refractivity contribution in [3.8, 4) is 0 Å². The molecule has 0 bridgehead atoms. The van der Waals surface area contributed by atoms with Crippen LogP contribution in [-0.4, -0.2) is 34.2 Å². The first-order valence-electron chi connectivity index (χ1n) is 6.06. The lowest BCUT2D eigenvalue weighted by Gasteiger charge is -2.16. The number of hydrogen-bond donors (Lipinski definition) is 3. The van der Waals surface area contributed by atoms with Gasteiger partial charge < -0.3 is 32.5 Å². The van der Waals surface area contributed by atoms with E-state index in [9.17, 15) is 14.7 Å². The average Bonchev–Trinajstić information content (AvgIpc) is 2.34. The van der Waals surface area contributed by atoms with Crippen LogP contribution in [0, 0.1) is 6.92 Å². The summed E-state index contributed by atoms with van der Waals surface area (Å²) in [6, 6.07) is 2.58. The predicted molar refractivity (Wildman–Crippen MR) is 67.2 cm³/mol. The third-order valence-electron chi connectivity index (χ3n) is 2.72. The molecule has 6 nitrogen and oxygen atoms in total. The molecule has 1 amide bonds. The van der Waals surface area contributed by atoms with Crippen LogP contribution in [0.4, 0.5) is 0 Å². The summed E-state index contributed by atoms with van der Waals surface area (Å²) in [6.07, 6.45) is 2.73. The van der Waals surface area contributed by atoms with Crippen molar-refractivity contribution >= 4 is 11.9 Å². The Morgan fingerprint density at radius 1 is 1.35 bits per heavy atom. The molecule has 0 aromatic carbocycles. The van der Waals surface area contributed by atoms with E-state index in [-0.39, 0.29) is 23.4 Å². The van der Waals surface area contributed by atoms with E-state index in [1.807, 2.05) is 36.0 Å². The Morgan fingerprint density at radius 2 is 1.90 bits per heavy atom. The zero-order valence-corrected chi connectivity index (χ0v) is 13.0. The van der Waals surface area contributed by atoms with Gasteiger partial charge in [0.25, 0.3) is 0 Å². The Hall–Kier alpha value is -1.47. The highest BCUT2D eigenvalue weighted by Gasteiger charge is 2.25. The van der Waals surface area contributed by atoms with E-state index >= 15 is 0 Å². The van der Waals surface area contributed by atoms with Crippen LogP contribution in [0.15, 0.2) is 24.5 Å². The number of aliphatic hydroxyl groups excluding tert-OH is 1. The van der Waals surface area contributed by atoms with Gasteiger partial charge in [-0.3, -0.25) is 4.79 Å². The summed E-state index contributed by atoms with van der Waals surface area (Å²) in [4.78, 5) is 22.4. The lowest BCUT2D eigenvalue weighted by atomic mass is 10.2. The highest BCUT2D eigenvalue weighted by atomic mass is 79.9. The minimum absolute atomic E-state index is 0. The molecular formula is C13H19BrN2O4. The highest BCUT2D eigenvalue weighted by molar-refractivity contribution is 5.83. The van der Waals surface area contributed by atoms with Crippen molar-refractivity contribution in [3.63, 3.8) is 0 Å². The van der Waals surface area contributed by atoms with Crippen molar-refractivity contribution in [2.24, 2.45) is 0 Å². The largest absolute Gasteiger partial charge is 1.00 e. The van der Waals surface area contributed by atoms with Gasteiger partial charge >= 0.3 is 5.97 Å². The van der Waals surface area contributed by atoms with Gasteiger partial charge in [0.15, 0.2) is 25.0 Å². The van der Waals surface area contributed by atoms with Crippen LogP contribution < -0.4 is 26.9 Å². The second-order valence-corrected chi connectivity index (χ2v) is 4.49. The monoisotopic (exact) mass is 346 g/mol. The highest BCUT2D eigenvalue weighted by Crippen LogP contribution is 1.95. The topological polar surface area (TPSA) is 90.5 Å². The van der Waals surface area contributed by atoms with Gasteiger partial charge in [-0.2, -0.15) is 0 Å². The van der Waals surface area contributed by atoms with Gasteiger partial charge in [0.05, 0.1) is 12.5 Å². The number of aliphatic carboxylic acids is 1. The fraction of sp³-hybridized carbons (Fsp3) is 0.462. The maximum Gasteiger partial charge on any atom is 0.328 e. The number of halogens is 1. The first-order chi connectivity index (χ1) is 8.90. The van der Waals surface area contributed by atoms with Crippen LogP contribution in [0.25, 0.3) is 0 Å². The second-order valence-electron chi connectivity index (χ2n) is 4.49. The summed E-state index contributed by atoms with van der Waals surface area (Å²) in [6.45, 7) is 3.75. The van der Waals surface area contributed by atoms with Gasteiger partial charge in [-0.25, -0.2) is 9.36 Å². The normalized spacial score (nSPS) is 12.9. The quantitative estimate of drug-likeness (QED) is 0.469. The van der Waals surface area contributed by atoms with Gasteiger partial charge in [0.2, 0.25) is 5.91 Å². The van der Waals surface area contributed by atoms with Crippen LogP contribution in [0.1, 0.15) is 18.9 Å². The minimum atomic E-state index is -1.27. The predicted octanol–water partition coefficient (Wildman–Crippen LogP) is -3.37. The van der Waals surface area contributed by atoms with E-state index in [4.69, 9.17) is 5.11 Å². The number of nitrogens with one attached hydrogen (secondary N) is 1. The fourth-order valence-corrected chi connectivity index (χ4v) is 1.55. The summed E-state index contributed by atoms with van der Waals surface area (Å²) in [7, 11) is 0. The smallest absolute Gasteiger partial charge is 0.328 e. The first kappa shape index (κ1) is 18.5. The van der Waals surface area contributed by atoms with Crippen molar-refractivity contribution in [1.82, 2.24) is 5.32 Å². The molecule has 0 aliphatic heterocycles. The number of carbonyl (C=O) groups excluding carboxylic acids is 1. The van der Waals surface area contributed by atoms with Crippen molar-refractivity contribution < 1.29 is 41.4 Å². The molecule has 2 unspecified atom stereocenters. The number of amides is 1. The van der Waals surface area contributed by atoms with Crippen molar-refractivity contribution in [2.75, 3.05) is 0 Å². The van der Waals surface area contributed by atoms with E-state index in [2.05, 4.69) is 5.32 Å². The minimum Gasteiger partial charge on any atom is -1.00 e. The summed E-state index contributed by atoms with van der Waals surface area (Å²) in [5.74, 6) is -1.65. The van der Waals surface area contributed by atoms with E-state index in [0.717, 1.165) is 5.56 Å². The summed E-state index contributed by atoms with van der Waals surface area (Å²) in [5.41, 5.74) is 1.13. The number of aliphatic hydroxyl groups is 1. The number of carboxylic acid groups (broad SMARTS) is 1. The Kier molecular flexibility index (Phi) is 8.02. The number of pyridine rings is 1. The third-order valence-corrected chi connectivity index (χ3v) is 2.72. The standard InChI is InChI=1S/C13H18N2O4.BrH/c1-9-3-6-15(7-4-9)8-5-11(17)14-12(10(2)16)13(18)19;/h3-4,6-7,10,12,16H,5,8H2,1-2H3,(H-,14,17,18,19);1H. The SMILES string of the molecule is Cc1cc[n+](CCC(=O)NC(C(=O)O)C(C)O)cc1.[Br-]. The Morgan fingerprint density at radius 3 is 2.35 bits per heavy atom. The molecule has 0 aliphatic carbocycles. The molecule has 0 aliphatic rings. The number of hydrogen-bond acceptors (Lipinski definition) is 3. The molecule has 112 valence electrons. The lowest BCUT2D eigenvalue weighted by molar-refractivity contribution is -0.695. The number of aryl methyl sites for hydroxylation is 2. The van der Waals surface area contributed by atoms with Gasteiger partial charge in [0, 0.05) is 12.1 Å². The molecule has 0 spiro atoms. The Bertz CT molecular complexity index is 448. The van der Waals surface area contributed by atoms with Crippen LogP contribution >= 0.6 is 0 Å². The maximum atomic E-state index is 11.6. The number of carboxylic acids is 1. The molecular weight excluding hydrogens is 328 g/mol. The number of nitrogens with zero attached hydrogens (tertiary/aromatic N) is 1. The zero-order chi connectivity index (χ0) is 14.4. The average molecular weight is 347 g/mol. The molecule has 1 aromatic heterocycles. The van der Waals surface area contributed by atoms with E-state index in [1.165, 1.54) is 6.92 Å².